The Labute approximate surface area is 93.9 Å². The van der Waals surface area contributed by atoms with Crippen molar-refractivity contribution in [3.05, 3.63) is 41.0 Å². The monoisotopic (exact) mass is 215 g/mol. The summed E-state index contributed by atoms with van der Waals surface area (Å²) in [5, 5.41) is 0. The first-order valence-electron chi connectivity index (χ1n) is 5.44. The maximum absolute atomic E-state index is 11.4. The summed E-state index contributed by atoms with van der Waals surface area (Å²) in [6, 6.07) is 8.20. The highest BCUT2D eigenvalue weighted by Gasteiger charge is 2.33. The van der Waals surface area contributed by atoms with Crippen molar-refractivity contribution in [1.82, 2.24) is 0 Å². The molecule has 0 bridgehead atoms. The van der Waals surface area contributed by atoms with Crippen molar-refractivity contribution >= 4 is 11.5 Å². The summed E-state index contributed by atoms with van der Waals surface area (Å²) in [7, 11) is 0. The van der Waals surface area contributed by atoms with E-state index in [4.69, 9.17) is 10.5 Å². The number of primary amides is 1. The normalized spacial score (nSPS) is 22.9. The summed E-state index contributed by atoms with van der Waals surface area (Å²) in [5.74, 6) is -0.559. The number of nitrogens with two attached hydrogens (primary N) is 1. The van der Waals surface area contributed by atoms with Crippen molar-refractivity contribution in [3.8, 4) is 0 Å². The number of carbonyl (C=O) groups excluding carboxylic acids is 1. The number of hydrogen-bond acceptors (Lipinski definition) is 2. The molecule has 0 saturated carbocycles. The van der Waals surface area contributed by atoms with Gasteiger partial charge in [0.05, 0.1) is 19.1 Å². The van der Waals surface area contributed by atoms with E-state index in [2.05, 4.69) is 12.1 Å². The minimum absolute atomic E-state index is 0.271. The summed E-state index contributed by atoms with van der Waals surface area (Å²) in [4.78, 5) is 11.4. The highest BCUT2D eigenvalue weighted by Crippen LogP contribution is 2.40. The van der Waals surface area contributed by atoms with Crippen molar-refractivity contribution in [1.29, 1.82) is 0 Å². The summed E-state index contributed by atoms with van der Waals surface area (Å²) >= 11 is 0. The zero-order valence-electron chi connectivity index (χ0n) is 8.90. The lowest BCUT2D eigenvalue weighted by Gasteiger charge is -2.23. The van der Waals surface area contributed by atoms with Gasteiger partial charge in [0.15, 0.2) is 0 Å². The molecule has 0 aromatic heterocycles. The quantitative estimate of drug-likeness (QED) is 0.763. The number of amides is 1. The smallest absolute Gasteiger partial charge is 0.227 e. The first-order valence-corrected chi connectivity index (χ1v) is 5.44. The highest BCUT2D eigenvalue weighted by atomic mass is 16.5. The van der Waals surface area contributed by atoms with Gasteiger partial charge in [0.1, 0.15) is 0 Å². The summed E-state index contributed by atoms with van der Waals surface area (Å²) in [5.41, 5.74) is 10.2. The van der Waals surface area contributed by atoms with Gasteiger partial charge >= 0.3 is 0 Å². The third-order valence-electron chi connectivity index (χ3n) is 3.34. The Morgan fingerprint density at radius 3 is 3.00 bits per heavy atom. The second-order valence-corrected chi connectivity index (χ2v) is 4.32. The van der Waals surface area contributed by atoms with Crippen molar-refractivity contribution in [3.63, 3.8) is 0 Å². The van der Waals surface area contributed by atoms with Crippen LogP contribution < -0.4 is 5.73 Å². The van der Waals surface area contributed by atoms with E-state index >= 15 is 0 Å². The van der Waals surface area contributed by atoms with Crippen LogP contribution in [0.4, 0.5) is 0 Å². The Morgan fingerprint density at radius 2 is 2.19 bits per heavy atom. The molecule has 2 aliphatic rings. The van der Waals surface area contributed by atoms with Gasteiger partial charge in [-0.25, -0.2) is 0 Å². The lowest BCUT2D eigenvalue weighted by molar-refractivity contribution is -0.121. The number of ether oxygens (including phenoxy) is 1. The predicted molar refractivity (Wildman–Crippen MR) is 60.6 cm³/mol. The average molecular weight is 215 g/mol. The van der Waals surface area contributed by atoms with Gasteiger partial charge in [-0.3, -0.25) is 4.79 Å². The molecule has 3 rings (SSSR count). The van der Waals surface area contributed by atoms with Crippen LogP contribution in [0, 0.1) is 5.92 Å². The number of carbonyl (C=O) groups is 1. The van der Waals surface area contributed by atoms with Crippen LogP contribution in [-0.4, -0.2) is 19.1 Å². The Hall–Kier alpha value is -1.61. The van der Waals surface area contributed by atoms with E-state index in [1.165, 1.54) is 16.7 Å². The highest BCUT2D eigenvalue weighted by molar-refractivity contribution is 5.94. The third-order valence-corrected chi connectivity index (χ3v) is 3.34. The van der Waals surface area contributed by atoms with Gasteiger partial charge in [0.2, 0.25) is 5.91 Å². The van der Waals surface area contributed by atoms with Crippen LogP contribution in [0.2, 0.25) is 0 Å². The predicted octanol–water partition coefficient (Wildman–Crippen LogP) is 1.13. The molecule has 2 N–H and O–H groups in total. The summed E-state index contributed by atoms with van der Waals surface area (Å²) < 4.78 is 5.43. The maximum atomic E-state index is 11.4. The topological polar surface area (TPSA) is 52.3 Å². The van der Waals surface area contributed by atoms with Gasteiger partial charge in [0.25, 0.3) is 0 Å². The van der Waals surface area contributed by atoms with Crippen LogP contribution in [0.5, 0.6) is 0 Å². The van der Waals surface area contributed by atoms with E-state index < -0.39 is 0 Å². The molecule has 1 heterocycles. The van der Waals surface area contributed by atoms with Gasteiger partial charge in [-0.1, -0.05) is 24.3 Å². The molecular formula is C13H13NO2. The molecular weight excluding hydrogens is 202 g/mol. The fourth-order valence-electron chi connectivity index (χ4n) is 2.62. The van der Waals surface area contributed by atoms with E-state index in [1.54, 1.807) is 0 Å². The lowest BCUT2D eigenvalue weighted by Crippen LogP contribution is -2.31. The van der Waals surface area contributed by atoms with Crippen molar-refractivity contribution in [2.75, 3.05) is 13.2 Å². The van der Waals surface area contributed by atoms with Gasteiger partial charge in [-0.05, 0) is 28.7 Å². The van der Waals surface area contributed by atoms with E-state index in [-0.39, 0.29) is 11.8 Å². The van der Waals surface area contributed by atoms with E-state index in [9.17, 15) is 4.79 Å². The Balaban J connectivity index is 2.12. The van der Waals surface area contributed by atoms with Crippen LogP contribution in [0.3, 0.4) is 0 Å². The van der Waals surface area contributed by atoms with Crippen molar-refractivity contribution < 1.29 is 9.53 Å². The van der Waals surface area contributed by atoms with Gasteiger partial charge < -0.3 is 10.5 Å². The minimum Gasteiger partial charge on any atom is -0.376 e. The molecule has 3 heteroatoms. The largest absolute Gasteiger partial charge is 0.376 e. The number of hydrogen-bond donors (Lipinski definition) is 1. The van der Waals surface area contributed by atoms with Crippen LogP contribution >= 0.6 is 0 Å². The zero-order chi connectivity index (χ0) is 11.1. The Kier molecular flexibility index (Phi) is 2.07. The molecule has 0 fully saturated rings. The maximum Gasteiger partial charge on any atom is 0.227 e. The molecule has 1 unspecified atom stereocenters. The molecule has 1 atom stereocenters. The molecule has 3 nitrogen and oxygen atoms in total. The van der Waals surface area contributed by atoms with Crippen molar-refractivity contribution in [2.45, 2.75) is 6.42 Å². The second kappa shape index (κ2) is 3.46. The molecule has 1 aliphatic carbocycles. The second-order valence-electron chi connectivity index (χ2n) is 4.32. The number of benzene rings is 1. The van der Waals surface area contributed by atoms with E-state index in [0.29, 0.717) is 13.2 Å². The van der Waals surface area contributed by atoms with Crippen LogP contribution in [0.15, 0.2) is 29.8 Å². The molecule has 82 valence electrons. The van der Waals surface area contributed by atoms with Gasteiger partial charge in [-0.2, -0.15) is 0 Å². The van der Waals surface area contributed by atoms with E-state index in [0.717, 1.165) is 12.0 Å². The molecule has 1 amide bonds. The first kappa shape index (κ1) is 9.60. The number of fused-ring (bicyclic) bond motifs is 2. The first-order chi connectivity index (χ1) is 7.77. The fraction of sp³-hybridized carbons (Fsp3) is 0.308. The molecule has 0 radical (unpaired) electrons. The zero-order valence-corrected chi connectivity index (χ0v) is 8.90. The molecule has 1 aliphatic heterocycles. The summed E-state index contributed by atoms with van der Waals surface area (Å²) in [6.45, 7) is 1.05. The fourth-order valence-corrected chi connectivity index (χ4v) is 2.62. The molecule has 1 aromatic carbocycles. The Morgan fingerprint density at radius 1 is 1.38 bits per heavy atom. The molecule has 16 heavy (non-hydrogen) atoms. The van der Waals surface area contributed by atoms with Crippen LogP contribution in [-0.2, 0) is 16.0 Å². The molecule has 1 aromatic rings. The van der Waals surface area contributed by atoms with Gasteiger partial charge in [0, 0.05) is 0 Å². The minimum atomic E-state index is -0.288. The average Bonchev–Trinajstić information content (AvgIpc) is 2.66. The molecule has 0 spiro atoms. The van der Waals surface area contributed by atoms with Crippen LogP contribution in [0.25, 0.3) is 5.57 Å². The Bertz CT molecular complexity index is 490. The standard InChI is InChI=1S/C13H13NO2/c14-13(15)11-7-16-6-9-5-8-3-1-2-4-10(8)12(9)11/h1-4,11H,5-7H2,(H2,14,15). The van der Waals surface area contributed by atoms with E-state index in [1.807, 2.05) is 12.1 Å². The third kappa shape index (κ3) is 1.28. The SMILES string of the molecule is NC(=O)C1COCC2=C1c1ccccc1C2. The number of rotatable bonds is 1. The molecule has 0 saturated heterocycles. The van der Waals surface area contributed by atoms with Crippen molar-refractivity contribution in [2.24, 2.45) is 11.7 Å². The van der Waals surface area contributed by atoms with Crippen LogP contribution in [0.1, 0.15) is 11.1 Å². The summed E-state index contributed by atoms with van der Waals surface area (Å²) in [6.07, 6.45) is 0.898. The lowest BCUT2D eigenvalue weighted by atomic mass is 9.90. The van der Waals surface area contributed by atoms with Gasteiger partial charge in [-0.15, -0.1) is 0 Å².